The van der Waals surface area contributed by atoms with Crippen LogP contribution in [0.3, 0.4) is 0 Å². The quantitative estimate of drug-likeness (QED) is 0.673. The molecule has 7 nitrogen and oxygen atoms in total. The molecule has 1 aliphatic heterocycles. The van der Waals surface area contributed by atoms with Crippen molar-refractivity contribution < 1.29 is 13.2 Å². The van der Waals surface area contributed by atoms with Gasteiger partial charge in [0.15, 0.2) is 0 Å². The van der Waals surface area contributed by atoms with Crippen LogP contribution in [-0.2, 0) is 27.8 Å². The summed E-state index contributed by atoms with van der Waals surface area (Å²) in [6.07, 6.45) is 5.80. The number of nitrogens with one attached hydrogen (secondary N) is 1. The van der Waals surface area contributed by atoms with Gasteiger partial charge >= 0.3 is 10.2 Å². The van der Waals surface area contributed by atoms with Crippen LogP contribution in [0, 0.1) is 0 Å². The summed E-state index contributed by atoms with van der Waals surface area (Å²) in [6, 6.07) is 12.4. The molecule has 2 heterocycles. The maximum Gasteiger partial charge on any atom is 0.331 e. The van der Waals surface area contributed by atoms with Crippen LogP contribution < -0.4 is 9.62 Å². The summed E-state index contributed by atoms with van der Waals surface area (Å²) in [5.74, 6) is -0.188. The van der Waals surface area contributed by atoms with Crippen LogP contribution in [0.25, 0.3) is 0 Å². The topological polar surface area (TPSA) is 84.3 Å². The van der Waals surface area contributed by atoms with Crippen molar-refractivity contribution in [2.24, 2.45) is 0 Å². The predicted molar refractivity (Wildman–Crippen MR) is 112 cm³/mol. The average molecular weight is 431 g/mol. The van der Waals surface area contributed by atoms with Gasteiger partial charge in [-0.1, -0.05) is 29.8 Å². The lowest BCUT2D eigenvalue weighted by Gasteiger charge is -2.30. The summed E-state index contributed by atoms with van der Waals surface area (Å²) < 4.78 is 28.4. The van der Waals surface area contributed by atoms with Gasteiger partial charge in [-0.2, -0.15) is 8.42 Å². The molecule has 4 rings (SSSR count). The van der Waals surface area contributed by atoms with E-state index in [9.17, 15) is 13.2 Å². The smallest absolute Gasteiger partial charge is 0.326 e. The van der Waals surface area contributed by atoms with Gasteiger partial charge in [0.1, 0.15) is 6.33 Å². The Hall–Kier alpha value is -2.84. The van der Waals surface area contributed by atoms with Crippen LogP contribution in [0.1, 0.15) is 17.5 Å². The van der Waals surface area contributed by atoms with Crippen molar-refractivity contribution in [3.63, 3.8) is 0 Å². The standard InChI is InChI=1S/C20H19ClN4O3S/c21-17-6-3-15(4-7-17)12-20(26)23-18-8-5-16-2-1-10-25(19(16)13-18)29(27,28)24-11-9-22-14-24/h3-9,11,13-14H,1-2,10,12H2,(H,23,26). The number of imidazole rings is 1. The Morgan fingerprint density at radius 1 is 1.17 bits per heavy atom. The van der Waals surface area contributed by atoms with Crippen LogP contribution in [0.4, 0.5) is 11.4 Å². The fraction of sp³-hybridized carbons (Fsp3) is 0.200. The second-order valence-electron chi connectivity index (χ2n) is 6.77. The Morgan fingerprint density at radius 2 is 1.97 bits per heavy atom. The molecular weight excluding hydrogens is 412 g/mol. The van der Waals surface area contributed by atoms with E-state index in [1.807, 2.05) is 6.07 Å². The molecule has 1 aliphatic rings. The van der Waals surface area contributed by atoms with Crippen LogP contribution in [0.2, 0.25) is 5.02 Å². The number of aromatic nitrogens is 2. The lowest BCUT2D eigenvalue weighted by molar-refractivity contribution is -0.115. The molecule has 3 aromatic rings. The Bertz CT molecular complexity index is 1130. The molecule has 0 bridgehead atoms. The van der Waals surface area contributed by atoms with Crippen LogP contribution in [0.5, 0.6) is 0 Å². The molecule has 0 saturated carbocycles. The highest BCUT2D eigenvalue weighted by Gasteiger charge is 2.29. The van der Waals surface area contributed by atoms with Gasteiger partial charge in [0, 0.05) is 29.6 Å². The maximum atomic E-state index is 13.0. The number of anilines is 2. The minimum Gasteiger partial charge on any atom is -0.326 e. The van der Waals surface area contributed by atoms with Gasteiger partial charge in [0.05, 0.1) is 12.1 Å². The van der Waals surface area contributed by atoms with Gasteiger partial charge in [-0.25, -0.2) is 8.96 Å². The highest BCUT2D eigenvalue weighted by Crippen LogP contribution is 2.32. The van der Waals surface area contributed by atoms with Crippen LogP contribution in [0.15, 0.2) is 61.2 Å². The zero-order chi connectivity index (χ0) is 20.4. The lowest BCUT2D eigenvalue weighted by atomic mass is 10.0. The van der Waals surface area contributed by atoms with Crippen molar-refractivity contribution in [1.82, 2.24) is 8.96 Å². The SMILES string of the molecule is O=C(Cc1ccc(Cl)cc1)Nc1ccc2c(c1)N(S(=O)(=O)n1ccnc1)CCC2. The number of hydrogen-bond donors (Lipinski definition) is 1. The molecule has 1 N–H and O–H groups in total. The zero-order valence-electron chi connectivity index (χ0n) is 15.5. The van der Waals surface area contributed by atoms with Gasteiger partial charge in [0.25, 0.3) is 0 Å². The Kier molecular flexibility index (Phi) is 5.29. The van der Waals surface area contributed by atoms with E-state index in [1.165, 1.54) is 23.0 Å². The predicted octanol–water partition coefficient (Wildman–Crippen LogP) is 3.26. The second-order valence-corrected chi connectivity index (χ2v) is 8.97. The minimum atomic E-state index is -3.77. The summed E-state index contributed by atoms with van der Waals surface area (Å²) in [5.41, 5.74) is 2.90. The van der Waals surface area contributed by atoms with Crippen molar-refractivity contribution in [3.05, 3.63) is 77.3 Å². The molecule has 0 spiro atoms. The number of aryl methyl sites for hydroxylation is 1. The molecule has 9 heteroatoms. The number of hydrogen-bond acceptors (Lipinski definition) is 4. The second kappa shape index (κ2) is 7.88. The van der Waals surface area contributed by atoms with Crippen molar-refractivity contribution in [3.8, 4) is 0 Å². The Morgan fingerprint density at radius 3 is 2.69 bits per heavy atom. The fourth-order valence-electron chi connectivity index (χ4n) is 3.35. The molecular formula is C20H19ClN4O3S. The number of amides is 1. The molecule has 0 radical (unpaired) electrons. The lowest BCUT2D eigenvalue weighted by Crippen LogP contribution is -2.38. The van der Waals surface area contributed by atoms with Gasteiger partial charge in [-0.15, -0.1) is 0 Å². The molecule has 150 valence electrons. The minimum absolute atomic E-state index is 0.188. The summed E-state index contributed by atoms with van der Waals surface area (Å²) >= 11 is 5.87. The number of rotatable bonds is 5. The summed E-state index contributed by atoms with van der Waals surface area (Å²) in [5, 5.41) is 3.46. The third-order valence-corrected chi connectivity index (χ3v) is 6.69. The first-order valence-electron chi connectivity index (χ1n) is 9.12. The number of halogens is 1. The first kappa shape index (κ1) is 19.5. The normalized spacial score (nSPS) is 13.8. The fourth-order valence-corrected chi connectivity index (χ4v) is 4.86. The van der Waals surface area contributed by atoms with Crippen molar-refractivity contribution in [1.29, 1.82) is 0 Å². The van der Waals surface area contributed by atoms with Gasteiger partial charge in [-0.3, -0.25) is 9.10 Å². The summed E-state index contributed by atoms with van der Waals surface area (Å²) in [6.45, 7) is 0.371. The average Bonchev–Trinajstić information content (AvgIpc) is 3.25. The van der Waals surface area contributed by atoms with Gasteiger partial charge in [0.2, 0.25) is 5.91 Å². The maximum absolute atomic E-state index is 13.0. The van der Waals surface area contributed by atoms with E-state index in [2.05, 4.69) is 10.3 Å². The molecule has 29 heavy (non-hydrogen) atoms. The molecule has 0 aliphatic carbocycles. The molecule has 0 unspecified atom stereocenters. The summed E-state index contributed by atoms with van der Waals surface area (Å²) in [4.78, 5) is 16.2. The zero-order valence-corrected chi connectivity index (χ0v) is 17.0. The Balaban J connectivity index is 1.57. The molecule has 1 aromatic heterocycles. The number of carbonyl (C=O) groups is 1. The van der Waals surface area contributed by atoms with Crippen molar-refractivity contribution in [2.45, 2.75) is 19.3 Å². The van der Waals surface area contributed by atoms with E-state index in [0.29, 0.717) is 22.9 Å². The largest absolute Gasteiger partial charge is 0.331 e. The van der Waals surface area contributed by atoms with E-state index >= 15 is 0 Å². The van der Waals surface area contributed by atoms with E-state index in [1.54, 1.807) is 36.4 Å². The van der Waals surface area contributed by atoms with Crippen molar-refractivity contribution in [2.75, 3.05) is 16.2 Å². The van der Waals surface area contributed by atoms with E-state index in [4.69, 9.17) is 11.6 Å². The molecule has 0 fully saturated rings. The Labute approximate surface area is 174 Å². The van der Waals surface area contributed by atoms with Gasteiger partial charge in [-0.05, 0) is 48.2 Å². The van der Waals surface area contributed by atoms with E-state index < -0.39 is 10.2 Å². The number of nitrogens with zero attached hydrogens (tertiary/aromatic N) is 3. The number of benzene rings is 2. The monoisotopic (exact) mass is 430 g/mol. The molecule has 0 atom stereocenters. The summed E-state index contributed by atoms with van der Waals surface area (Å²) in [7, 11) is -3.77. The first-order chi connectivity index (χ1) is 13.9. The highest BCUT2D eigenvalue weighted by atomic mass is 35.5. The molecule has 0 saturated heterocycles. The highest BCUT2D eigenvalue weighted by molar-refractivity contribution is 7.91. The van der Waals surface area contributed by atoms with Crippen molar-refractivity contribution >= 4 is 39.1 Å². The number of carbonyl (C=O) groups excluding carboxylic acids is 1. The van der Waals surface area contributed by atoms with E-state index in [-0.39, 0.29) is 12.3 Å². The van der Waals surface area contributed by atoms with Crippen LogP contribution in [-0.4, -0.2) is 29.8 Å². The van der Waals surface area contributed by atoms with Gasteiger partial charge < -0.3 is 5.32 Å². The molecule has 1 amide bonds. The van der Waals surface area contributed by atoms with Crippen LogP contribution >= 0.6 is 11.6 Å². The third kappa shape index (κ3) is 4.13. The number of fused-ring (bicyclic) bond motifs is 1. The molecule has 2 aromatic carbocycles. The third-order valence-electron chi connectivity index (χ3n) is 4.75. The first-order valence-corrected chi connectivity index (χ1v) is 10.9. The van der Waals surface area contributed by atoms with E-state index in [0.717, 1.165) is 27.9 Å².